The number of amides is 1. The minimum absolute atomic E-state index is 0.201. The molecule has 1 atom stereocenters. The Labute approximate surface area is 189 Å². The molecular weight excluding hydrogens is 465 g/mol. The van der Waals surface area contributed by atoms with Gasteiger partial charge in [0.25, 0.3) is 11.6 Å². The number of carbonyl (C=O) groups excluding carboxylic acids is 2. The first-order valence-corrected chi connectivity index (χ1v) is 9.62. The normalized spacial score (nSPS) is 12.0. The summed E-state index contributed by atoms with van der Waals surface area (Å²) >= 11 is 5.60. The van der Waals surface area contributed by atoms with Gasteiger partial charge in [0.15, 0.2) is 0 Å². The van der Waals surface area contributed by atoms with Crippen molar-refractivity contribution < 1.29 is 32.4 Å². The molecule has 3 rings (SSSR count). The number of ether oxygens (including phenoxy) is 1. The van der Waals surface area contributed by atoms with Crippen LogP contribution in [-0.4, -0.2) is 16.8 Å². The fourth-order valence-corrected chi connectivity index (χ4v) is 3.13. The van der Waals surface area contributed by atoms with Crippen LogP contribution in [0.4, 0.5) is 24.5 Å². The number of nitro benzene ring substituents is 1. The topological polar surface area (TPSA) is 98.5 Å². The Kier molecular flexibility index (Phi) is 6.98. The van der Waals surface area contributed by atoms with Crippen LogP contribution in [0.3, 0.4) is 0 Å². The van der Waals surface area contributed by atoms with Crippen LogP contribution in [0.5, 0.6) is 0 Å². The molecule has 11 heteroatoms. The summed E-state index contributed by atoms with van der Waals surface area (Å²) in [5.74, 6) is -2.12. The van der Waals surface area contributed by atoms with Gasteiger partial charge in [0.05, 0.1) is 15.5 Å². The highest BCUT2D eigenvalue weighted by molar-refractivity contribution is 6.31. The molecule has 3 aromatic carbocycles. The van der Waals surface area contributed by atoms with Crippen LogP contribution in [0.15, 0.2) is 72.8 Å². The van der Waals surface area contributed by atoms with E-state index in [0.29, 0.717) is 6.07 Å². The Bertz CT molecular complexity index is 1200. The lowest BCUT2D eigenvalue weighted by molar-refractivity contribution is -0.385. The van der Waals surface area contributed by atoms with Crippen molar-refractivity contribution in [1.29, 1.82) is 0 Å². The zero-order valence-corrected chi connectivity index (χ0v) is 17.3. The lowest BCUT2D eigenvalue weighted by atomic mass is 10.1. The SMILES string of the molecule is O=C(OC(C(=O)Nc1ccc(Cl)c(C(F)(F)F)c1)c1ccccc1)c1ccccc1[N+](=O)[O-]. The minimum atomic E-state index is -4.75. The fraction of sp³-hybridized carbons (Fsp3) is 0.0909. The quantitative estimate of drug-likeness (QED) is 0.274. The van der Waals surface area contributed by atoms with Crippen molar-refractivity contribution in [3.05, 3.63) is 105 Å². The highest BCUT2D eigenvalue weighted by Crippen LogP contribution is 2.36. The van der Waals surface area contributed by atoms with Gasteiger partial charge < -0.3 is 10.1 Å². The van der Waals surface area contributed by atoms with E-state index in [1.807, 2.05) is 0 Å². The van der Waals surface area contributed by atoms with Crippen molar-refractivity contribution in [1.82, 2.24) is 0 Å². The van der Waals surface area contributed by atoms with E-state index in [0.717, 1.165) is 24.3 Å². The molecule has 33 heavy (non-hydrogen) atoms. The van der Waals surface area contributed by atoms with Crippen molar-refractivity contribution in [2.75, 3.05) is 5.32 Å². The molecule has 1 unspecified atom stereocenters. The molecule has 0 aliphatic heterocycles. The van der Waals surface area contributed by atoms with Gasteiger partial charge in [-0.3, -0.25) is 14.9 Å². The van der Waals surface area contributed by atoms with Gasteiger partial charge in [-0.2, -0.15) is 13.2 Å². The van der Waals surface area contributed by atoms with E-state index in [9.17, 15) is 32.9 Å². The first-order chi connectivity index (χ1) is 15.6. The standard InChI is InChI=1S/C22H14ClF3N2O5/c23-17-11-10-14(12-16(17)22(24,25)26)27-20(29)19(13-6-2-1-3-7-13)33-21(30)15-8-4-5-9-18(15)28(31)32/h1-12,19H,(H,27,29). The Morgan fingerprint density at radius 2 is 1.64 bits per heavy atom. The van der Waals surface area contributed by atoms with Gasteiger partial charge in [-0.1, -0.05) is 54.1 Å². The molecule has 0 saturated carbocycles. The van der Waals surface area contributed by atoms with E-state index in [-0.39, 0.29) is 16.8 Å². The molecule has 170 valence electrons. The van der Waals surface area contributed by atoms with Gasteiger partial charge in [0.2, 0.25) is 6.10 Å². The maximum absolute atomic E-state index is 13.1. The van der Waals surface area contributed by atoms with E-state index in [4.69, 9.17) is 16.3 Å². The molecule has 0 saturated heterocycles. The van der Waals surface area contributed by atoms with E-state index >= 15 is 0 Å². The molecule has 3 aromatic rings. The largest absolute Gasteiger partial charge is 0.443 e. The van der Waals surface area contributed by atoms with Gasteiger partial charge in [-0.15, -0.1) is 0 Å². The highest BCUT2D eigenvalue weighted by atomic mass is 35.5. The van der Waals surface area contributed by atoms with Gasteiger partial charge in [-0.05, 0) is 24.3 Å². The third kappa shape index (κ3) is 5.66. The number of para-hydroxylation sites is 1. The average molecular weight is 479 g/mol. The number of nitro groups is 1. The number of esters is 1. The van der Waals surface area contributed by atoms with Gasteiger partial charge in [0, 0.05) is 17.3 Å². The van der Waals surface area contributed by atoms with Crippen LogP contribution in [0.1, 0.15) is 27.6 Å². The summed E-state index contributed by atoms with van der Waals surface area (Å²) in [6.45, 7) is 0. The van der Waals surface area contributed by atoms with Crippen molar-refractivity contribution in [2.45, 2.75) is 12.3 Å². The second-order valence-corrected chi connectivity index (χ2v) is 7.06. The van der Waals surface area contributed by atoms with Gasteiger partial charge >= 0.3 is 12.1 Å². The van der Waals surface area contributed by atoms with Gasteiger partial charge in [-0.25, -0.2) is 4.79 Å². The number of alkyl halides is 3. The van der Waals surface area contributed by atoms with E-state index in [2.05, 4.69) is 5.32 Å². The number of hydrogen-bond donors (Lipinski definition) is 1. The number of anilines is 1. The molecule has 1 amide bonds. The first-order valence-electron chi connectivity index (χ1n) is 9.25. The molecule has 0 aliphatic carbocycles. The molecule has 0 aromatic heterocycles. The Morgan fingerprint density at radius 1 is 1.00 bits per heavy atom. The van der Waals surface area contributed by atoms with E-state index in [1.165, 1.54) is 24.3 Å². The number of carbonyl (C=O) groups is 2. The van der Waals surface area contributed by atoms with Crippen LogP contribution < -0.4 is 5.32 Å². The van der Waals surface area contributed by atoms with Crippen LogP contribution in [0.25, 0.3) is 0 Å². The van der Waals surface area contributed by atoms with Crippen molar-refractivity contribution in [3.8, 4) is 0 Å². The molecule has 1 N–H and O–H groups in total. The zero-order valence-electron chi connectivity index (χ0n) is 16.5. The van der Waals surface area contributed by atoms with E-state index in [1.54, 1.807) is 18.2 Å². The first kappa shape index (κ1) is 23.7. The molecule has 0 bridgehead atoms. The summed E-state index contributed by atoms with van der Waals surface area (Å²) < 4.78 is 44.7. The summed E-state index contributed by atoms with van der Waals surface area (Å²) in [5, 5.41) is 12.9. The number of hydrogen-bond acceptors (Lipinski definition) is 5. The second-order valence-electron chi connectivity index (χ2n) is 6.65. The maximum Gasteiger partial charge on any atom is 0.417 e. The molecule has 0 heterocycles. The van der Waals surface area contributed by atoms with Crippen molar-refractivity contribution in [2.24, 2.45) is 0 Å². The Morgan fingerprint density at radius 3 is 2.27 bits per heavy atom. The number of nitrogens with one attached hydrogen (secondary N) is 1. The molecule has 0 aliphatic rings. The Balaban J connectivity index is 1.92. The predicted octanol–water partition coefficient (Wildman–Crippen LogP) is 5.80. The molecule has 0 spiro atoms. The third-order valence-corrected chi connectivity index (χ3v) is 4.75. The summed E-state index contributed by atoms with van der Waals surface area (Å²) in [7, 11) is 0. The van der Waals surface area contributed by atoms with Gasteiger partial charge in [0.1, 0.15) is 5.56 Å². The van der Waals surface area contributed by atoms with Crippen molar-refractivity contribution in [3.63, 3.8) is 0 Å². The second kappa shape index (κ2) is 9.70. The van der Waals surface area contributed by atoms with Crippen LogP contribution in [0, 0.1) is 10.1 Å². The molecule has 0 fully saturated rings. The number of rotatable bonds is 6. The lowest BCUT2D eigenvalue weighted by Gasteiger charge is -2.19. The molecular formula is C22H14ClF3N2O5. The summed E-state index contributed by atoms with van der Waals surface area (Å²) in [4.78, 5) is 36.0. The summed E-state index contributed by atoms with van der Waals surface area (Å²) in [6.07, 6.45) is -6.36. The average Bonchev–Trinajstić information content (AvgIpc) is 2.78. The zero-order chi connectivity index (χ0) is 24.2. The number of nitrogens with zero attached hydrogens (tertiary/aromatic N) is 1. The van der Waals surface area contributed by atoms with Crippen LogP contribution in [-0.2, 0) is 15.7 Å². The Hall–Kier alpha value is -3.92. The third-order valence-electron chi connectivity index (χ3n) is 4.43. The fourth-order valence-electron chi connectivity index (χ4n) is 2.90. The smallest absolute Gasteiger partial charge is 0.417 e. The predicted molar refractivity (Wildman–Crippen MR) is 113 cm³/mol. The van der Waals surface area contributed by atoms with Crippen LogP contribution >= 0.6 is 11.6 Å². The number of benzene rings is 3. The van der Waals surface area contributed by atoms with Crippen LogP contribution in [0.2, 0.25) is 5.02 Å². The number of halogens is 4. The lowest BCUT2D eigenvalue weighted by Crippen LogP contribution is -2.26. The highest BCUT2D eigenvalue weighted by Gasteiger charge is 2.34. The minimum Gasteiger partial charge on any atom is -0.443 e. The molecule has 7 nitrogen and oxygen atoms in total. The summed E-state index contributed by atoms with van der Waals surface area (Å²) in [6, 6.07) is 15.4. The monoisotopic (exact) mass is 478 g/mol. The maximum atomic E-state index is 13.1. The van der Waals surface area contributed by atoms with E-state index < -0.39 is 45.4 Å². The molecule has 0 radical (unpaired) electrons. The summed E-state index contributed by atoms with van der Waals surface area (Å²) in [5.41, 5.74) is -2.11. The van der Waals surface area contributed by atoms with Crippen molar-refractivity contribution >= 4 is 34.9 Å².